The molecule has 0 aromatic heterocycles. The Morgan fingerprint density at radius 2 is 1.59 bits per heavy atom. The molecule has 2 nitrogen and oxygen atoms in total. The summed E-state index contributed by atoms with van der Waals surface area (Å²) in [7, 11) is 0. The van der Waals surface area contributed by atoms with Gasteiger partial charge in [-0.25, -0.2) is 0 Å². The van der Waals surface area contributed by atoms with Crippen molar-refractivity contribution in [2.24, 2.45) is 0 Å². The van der Waals surface area contributed by atoms with Crippen molar-refractivity contribution in [3.63, 3.8) is 0 Å². The highest BCUT2D eigenvalue weighted by atomic mass is 16.1. The molecule has 1 radical (unpaired) electrons. The third kappa shape index (κ3) is 3.71. The maximum Gasteiger partial charge on any atom is 0.245 e. The lowest BCUT2D eigenvalue weighted by Crippen LogP contribution is -2.24. The van der Waals surface area contributed by atoms with Gasteiger partial charge in [-0.3, -0.25) is 10.5 Å². The Kier molecular flexibility index (Phi) is 5.83. The van der Waals surface area contributed by atoms with Gasteiger partial charge < -0.3 is 0 Å². The van der Waals surface area contributed by atoms with E-state index in [1.165, 1.54) is 11.1 Å². The van der Waals surface area contributed by atoms with Gasteiger partial charge in [0.05, 0.1) is 5.92 Å². The Morgan fingerprint density at radius 1 is 1.05 bits per heavy atom. The van der Waals surface area contributed by atoms with Gasteiger partial charge in [-0.2, -0.15) is 0 Å². The standard InChI is InChI=1S/C20H32NO/c1-8-15(18(21)22)16-12-11-14(19(4,5)9-2)13-17(16)20(6,7)10-3/h11-13,15,21H,8-10H2,1-7H3. The number of hydrogen-bond donors (Lipinski definition) is 0. The molecule has 123 valence electrons. The third-order valence-electron chi connectivity index (χ3n) is 5.43. The highest BCUT2D eigenvalue weighted by molar-refractivity contribution is 5.81. The van der Waals surface area contributed by atoms with Crippen LogP contribution >= 0.6 is 0 Å². The van der Waals surface area contributed by atoms with Gasteiger partial charge in [-0.1, -0.05) is 66.7 Å². The maximum atomic E-state index is 11.7. The van der Waals surface area contributed by atoms with E-state index in [1.54, 1.807) is 0 Å². The zero-order valence-corrected chi connectivity index (χ0v) is 15.3. The van der Waals surface area contributed by atoms with E-state index in [0.29, 0.717) is 6.42 Å². The summed E-state index contributed by atoms with van der Waals surface area (Å²) in [6.45, 7) is 15.4. The van der Waals surface area contributed by atoms with Crippen molar-refractivity contribution in [3.8, 4) is 0 Å². The molecule has 1 rings (SSSR count). The minimum absolute atomic E-state index is 0.0119. The maximum absolute atomic E-state index is 11.7. The van der Waals surface area contributed by atoms with Crippen LogP contribution in [0.3, 0.4) is 0 Å². The first-order chi connectivity index (χ1) is 10.1. The van der Waals surface area contributed by atoms with Crippen molar-refractivity contribution in [2.75, 3.05) is 0 Å². The van der Waals surface area contributed by atoms with Gasteiger partial charge >= 0.3 is 0 Å². The lowest BCUT2D eigenvalue weighted by atomic mass is 9.72. The lowest BCUT2D eigenvalue weighted by Gasteiger charge is -2.32. The molecule has 0 spiro atoms. The molecule has 1 atom stereocenters. The van der Waals surface area contributed by atoms with Gasteiger partial charge in [0.2, 0.25) is 5.91 Å². The number of benzene rings is 1. The molecular formula is C20H32NO. The number of hydrogen-bond acceptors (Lipinski definition) is 1. The van der Waals surface area contributed by atoms with Crippen LogP contribution in [0.1, 0.15) is 90.3 Å². The molecule has 1 aromatic rings. The molecule has 22 heavy (non-hydrogen) atoms. The quantitative estimate of drug-likeness (QED) is 0.668. The largest absolute Gasteiger partial charge is 0.273 e. The van der Waals surface area contributed by atoms with E-state index < -0.39 is 5.91 Å². The first kappa shape index (κ1) is 18.7. The molecule has 0 bridgehead atoms. The number of carbonyl (C=O) groups excluding carboxylic acids is 1. The van der Waals surface area contributed by atoms with Crippen LogP contribution in [0, 0.1) is 0 Å². The van der Waals surface area contributed by atoms with Crippen molar-refractivity contribution < 1.29 is 4.79 Å². The molecule has 2 heteroatoms. The molecule has 0 fully saturated rings. The van der Waals surface area contributed by atoms with Crippen molar-refractivity contribution in [1.29, 1.82) is 0 Å². The van der Waals surface area contributed by atoms with Crippen molar-refractivity contribution in [1.82, 2.24) is 5.73 Å². The summed E-state index contributed by atoms with van der Waals surface area (Å²) < 4.78 is 0. The van der Waals surface area contributed by atoms with Crippen LogP contribution in [-0.4, -0.2) is 5.91 Å². The number of carbonyl (C=O) groups is 1. The molecule has 0 aliphatic carbocycles. The zero-order valence-electron chi connectivity index (χ0n) is 15.3. The van der Waals surface area contributed by atoms with E-state index in [4.69, 9.17) is 5.73 Å². The van der Waals surface area contributed by atoms with Crippen LogP contribution in [0.4, 0.5) is 0 Å². The molecule has 0 aliphatic rings. The summed E-state index contributed by atoms with van der Waals surface area (Å²) in [6.07, 6.45) is 2.77. The van der Waals surface area contributed by atoms with Crippen molar-refractivity contribution >= 4 is 5.91 Å². The second-order valence-electron chi connectivity index (χ2n) is 7.60. The monoisotopic (exact) mass is 302 g/mol. The molecule has 0 saturated carbocycles. The zero-order chi connectivity index (χ0) is 17.1. The van der Waals surface area contributed by atoms with E-state index in [0.717, 1.165) is 18.4 Å². The Labute approximate surface area is 136 Å². The highest BCUT2D eigenvalue weighted by Gasteiger charge is 2.29. The van der Waals surface area contributed by atoms with Crippen molar-refractivity contribution in [3.05, 3.63) is 34.9 Å². The predicted molar refractivity (Wildman–Crippen MR) is 94.2 cm³/mol. The smallest absolute Gasteiger partial charge is 0.245 e. The summed E-state index contributed by atoms with van der Waals surface area (Å²) in [6, 6.07) is 6.54. The topological polar surface area (TPSA) is 40.9 Å². The summed E-state index contributed by atoms with van der Waals surface area (Å²) in [5, 5.41) is 0. The molecule has 0 heterocycles. The van der Waals surface area contributed by atoms with Gasteiger partial charge in [-0.15, -0.1) is 0 Å². The normalized spacial score (nSPS) is 14.0. The first-order valence-corrected chi connectivity index (χ1v) is 8.51. The fourth-order valence-corrected chi connectivity index (χ4v) is 2.81. The first-order valence-electron chi connectivity index (χ1n) is 8.51. The minimum atomic E-state index is -0.474. The number of nitrogens with one attached hydrogen (secondary N) is 1. The summed E-state index contributed by atoms with van der Waals surface area (Å²) in [5.74, 6) is -0.780. The Balaban J connectivity index is 3.56. The average Bonchev–Trinajstić information content (AvgIpc) is 2.47. The van der Waals surface area contributed by atoms with Gasteiger partial charge in [0, 0.05) is 0 Å². The Bertz CT molecular complexity index is 529. The van der Waals surface area contributed by atoms with E-state index in [1.807, 2.05) is 6.92 Å². The van der Waals surface area contributed by atoms with Gasteiger partial charge in [0.15, 0.2) is 0 Å². The summed E-state index contributed by atoms with van der Waals surface area (Å²) in [5.41, 5.74) is 11.4. The SMILES string of the molecule is CCC(C([NH])=O)c1ccc(C(C)(C)CC)cc1C(C)(C)CC. The second-order valence-corrected chi connectivity index (χ2v) is 7.60. The molecule has 1 amide bonds. The van der Waals surface area contributed by atoms with E-state index in [2.05, 4.69) is 59.7 Å². The van der Waals surface area contributed by atoms with Gasteiger partial charge in [0.25, 0.3) is 0 Å². The Hall–Kier alpha value is -1.31. The van der Waals surface area contributed by atoms with E-state index in [9.17, 15) is 4.79 Å². The minimum Gasteiger partial charge on any atom is -0.273 e. The van der Waals surface area contributed by atoms with Crippen LogP contribution in [0.5, 0.6) is 0 Å². The molecule has 1 N–H and O–H groups in total. The Morgan fingerprint density at radius 3 is 2.00 bits per heavy atom. The fourth-order valence-electron chi connectivity index (χ4n) is 2.81. The molecule has 0 saturated heterocycles. The number of amides is 1. The second kappa shape index (κ2) is 6.85. The van der Waals surface area contributed by atoms with Crippen LogP contribution in [0.15, 0.2) is 18.2 Å². The highest BCUT2D eigenvalue weighted by Crippen LogP contribution is 2.38. The molecular weight excluding hydrogens is 270 g/mol. The van der Waals surface area contributed by atoms with E-state index >= 15 is 0 Å². The van der Waals surface area contributed by atoms with Crippen LogP contribution < -0.4 is 5.73 Å². The van der Waals surface area contributed by atoms with Crippen LogP contribution in [-0.2, 0) is 15.6 Å². The predicted octanol–water partition coefficient (Wildman–Crippen LogP) is 5.36. The molecule has 0 aliphatic heterocycles. The van der Waals surface area contributed by atoms with Gasteiger partial charge in [0.1, 0.15) is 0 Å². The average molecular weight is 302 g/mol. The van der Waals surface area contributed by atoms with Gasteiger partial charge in [-0.05, 0) is 46.8 Å². The number of rotatable bonds is 7. The fraction of sp³-hybridized carbons (Fsp3) is 0.650. The van der Waals surface area contributed by atoms with Crippen LogP contribution in [0.25, 0.3) is 0 Å². The summed E-state index contributed by atoms with van der Waals surface area (Å²) >= 11 is 0. The van der Waals surface area contributed by atoms with Crippen molar-refractivity contribution in [2.45, 2.75) is 84.5 Å². The van der Waals surface area contributed by atoms with E-state index in [-0.39, 0.29) is 16.7 Å². The third-order valence-corrected chi connectivity index (χ3v) is 5.43. The lowest BCUT2D eigenvalue weighted by molar-refractivity contribution is -0.120. The molecule has 1 aromatic carbocycles. The summed E-state index contributed by atoms with van der Waals surface area (Å²) in [4.78, 5) is 11.7. The molecule has 1 unspecified atom stereocenters. The van der Waals surface area contributed by atoms with Crippen LogP contribution in [0.2, 0.25) is 0 Å².